The second kappa shape index (κ2) is 4.61. The molecule has 0 saturated carbocycles. The van der Waals surface area contributed by atoms with Crippen molar-refractivity contribution in [1.82, 2.24) is 4.31 Å². The second-order valence-electron chi connectivity index (χ2n) is 3.09. The van der Waals surface area contributed by atoms with Gasteiger partial charge in [-0.2, -0.15) is 0 Å². The Hall–Kier alpha value is -1.11. The summed E-state index contributed by atoms with van der Waals surface area (Å²) in [5.41, 5.74) is 3.11. The molecule has 0 spiro atoms. The highest BCUT2D eigenvalue weighted by Gasteiger charge is 2.18. The van der Waals surface area contributed by atoms with Crippen molar-refractivity contribution in [3.05, 3.63) is 24.3 Å². The topological polar surface area (TPSA) is 75.4 Å². The van der Waals surface area contributed by atoms with Crippen molar-refractivity contribution in [2.24, 2.45) is 5.84 Å². The predicted octanol–water partition coefficient (Wildman–Crippen LogP) is 0.613. The standard InChI is InChI=1S/C9H15N3O2S/c1-3-12(2)15(13,14)9-6-4-8(11-10)5-7-9/h4-7,11H,3,10H2,1-2H3. The number of benzene rings is 1. The first-order valence-corrected chi connectivity index (χ1v) is 5.99. The minimum Gasteiger partial charge on any atom is -0.324 e. The van der Waals surface area contributed by atoms with Crippen LogP contribution >= 0.6 is 0 Å². The van der Waals surface area contributed by atoms with Gasteiger partial charge in [0.1, 0.15) is 0 Å². The minimum atomic E-state index is -3.35. The monoisotopic (exact) mass is 229 g/mol. The lowest BCUT2D eigenvalue weighted by molar-refractivity contribution is 0.486. The second-order valence-corrected chi connectivity index (χ2v) is 5.13. The highest BCUT2D eigenvalue weighted by Crippen LogP contribution is 2.16. The summed E-state index contributed by atoms with van der Waals surface area (Å²) in [6, 6.07) is 6.29. The van der Waals surface area contributed by atoms with Gasteiger partial charge in [-0.1, -0.05) is 6.92 Å². The normalized spacial score (nSPS) is 11.7. The van der Waals surface area contributed by atoms with E-state index in [1.807, 2.05) is 0 Å². The molecule has 0 bridgehead atoms. The zero-order chi connectivity index (χ0) is 11.5. The van der Waals surface area contributed by atoms with Gasteiger partial charge in [0.25, 0.3) is 0 Å². The summed E-state index contributed by atoms with van der Waals surface area (Å²) in [5, 5.41) is 0. The molecule has 15 heavy (non-hydrogen) atoms. The molecule has 0 radical (unpaired) electrons. The quantitative estimate of drug-likeness (QED) is 0.586. The van der Waals surface area contributed by atoms with E-state index >= 15 is 0 Å². The highest BCUT2D eigenvalue weighted by atomic mass is 32.2. The van der Waals surface area contributed by atoms with Gasteiger partial charge in [0.15, 0.2) is 0 Å². The van der Waals surface area contributed by atoms with Crippen LogP contribution in [0.15, 0.2) is 29.2 Å². The summed E-state index contributed by atoms with van der Waals surface area (Å²) in [6.45, 7) is 2.23. The van der Waals surface area contributed by atoms with Crippen LogP contribution in [-0.4, -0.2) is 26.3 Å². The molecular formula is C9H15N3O2S. The van der Waals surface area contributed by atoms with E-state index < -0.39 is 10.0 Å². The van der Waals surface area contributed by atoms with E-state index in [0.29, 0.717) is 12.2 Å². The molecule has 0 fully saturated rings. The zero-order valence-electron chi connectivity index (χ0n) is 8.77. The number of nitrogens with two attached hydrogens (primary N) is 1. The minimum absolute atomic E-state index is 0.269. The van der Waals surface area contributed by atoms with Gasteiger partial charge >= 0.3 is 0 Å². The number of sulfonamides is 1. The van der Waals surface area contributed by atoms with E-state index in [9.17, 15) is 8.42 Å². The number of anilines is 1. The number of nitrogen functional groups attached to an aromatic ring is 1. The molecule has 0 aliphatic carbocycles. The molecule has 3 N–H and O–H groups in total. The van der Waals surface area contributed by atoms with Crippen LogP contribution in [0.25, 0.3) is 0 Å². The summed E-state index contributed by atoms with van der Waals surface area (Å²) in [5.74, 6) is 5.19. The summed E-state index contributed by atoms with van der Waals surface area (Å²) in [4.78, 5) is 0.269. The highest BCUT2D eigenvalue weighted by molar-refractivity contribution is 7.89. The Balaban J connectivity index is 3.06. The van der Waals surface area contributed by atoms with E-state index in [1.54, 1.807) is 26.1 Å². The molecule has 1 rings (SSSR count). The Labute approximate surface area is 89.9 Å². The van der Waals surface area contributed by atoms with E-state index in [4.69, 9.17) is 5.84 Å². The average molecular weight is 229 g/mol. The van der Waals surface area contributed by atoms with Crippen LogP contribution in [0.3, 0.4) is 0 Å². The predicted molar refractivity (Wildman–Crippen MR) is 59.7 cm³/mol. The van der Waals surface area contributed by atoms with E-state index in [1.165, 1.54) is 16.4 Å². The molecule has 1 aromatic rings. The number of nitrogens with zero attached hydrogens (tertiary/aromatic N) is 1. The zero-order valence-corrected chi connectivity index (χ0v) is 9.58. The first kappa shape index (κ1) is 12.0. The Morgan fingerprint density at radius 3 is 2.27 bits per heavy atom. The third-order valence-corrected chi connectivity index (χ3v) is 4.12. The third-order valence-electron chi connectivity index (χ3n) is 2.17. The molecule has 0 aliphatic heterocycles. The fourth-order valence-electron chi connectivity index (χ4n) is 1.07. The van der Waals surface area contributed by atoms with Gasteiger partial charge in [0.2, 0.25) is 10.0 Å². The van der Waals surface area contributed by atoms with Crippen molar-refractivity contribution in [2.45, 2.75) is 11.8 Å². The SMILES string of the molecule is CCN(C)S(=O)(=O)c1ccc(NN)cc1. The van der Waals surface area contributed by atoms with Crippen molar-refractivity contribution < 1.29 is 8.42 Å². The molecular weight excluding hydrogens is 214 g/mol. The summed E-state index contributed by atoms with van der Waals surface area (Å²) < 4.78 is 25.0. The van der Waals surface area contributed by atoms with Crippen molar-refractivity contribution >= 4 is 15.7 Å². The van der Waals surface area contributed by atoms with Gasteiger partial charge in [0.05, 0.1) is 4.90 Å². The molecule has 0 aliphatic rings. The summed E-state index contributed by atoms with van der Waals surface area (Å²) >= 11 is 0. The fraction of sp³-hybridized carbons (Fsp3) is 0.333. The Morgan fingerprint density at radius 1 is 1.33 bits per heavy atom. The van der Waals surface area contributed by atoms with Crippen molar-refractivity contribution in [3.63, 3.8) is 0 Å². The first-order valence-electron chi connectivity index (χ1n) is 4.55. The molecule has 0 unspecified atom stereocenters. The largest absolute Gasteiger partial charge is 0.324 e. The van der Waals surface area contributed by atoms with Gasteiger partial charge in [-0.3, -0.25) is 5.84 Å². The van der Waals surface area contributed by atoms with Crippen LogP contribution in [-0.2, 0) is 10.0 Å². The van der Waals surface area contributed by atoms with Gasteiger partial charge in [0, 0.05) is 19.3 Å². The van der Waals surface area contributed by atoms with Crippen molar-refractivity contribution in [3.8, 4) is 0 Å². The smallest absolute Gasteiger partial charge is 0.242 e. The number of rotatable bonds is 4. The number of nitrogens with one attached hydrogen (secondary N) is 1. The number of hydrogen-bond acceptors (Lipinski definition) is 4. The van der Waals surface area contributed by atoms with Crippen molar-refractivity contribution in [2.75, 3.05) is 19.0 Å². The Morgan fingerprint density at radius 2 is 1.87 bits per heavy atom. The number of hydrogen-bond donors (Lipinski definition) is 2. The van der Waals surface area contributed by atoms with Gasteiger partial charge in [-0.15, -0.1) is 0 Å². The lowest BCUT2D eigenvalue weighted by Gasteiger charge is -2.14. The molecule has 0 saturated heterocycles. The van der Waals surface area contributed by atoms with Crippen molar-refractivity contribution in [1.29, 1.82) is 0 Å². The third kappa shape index (κ3) is 2.47. The maximum atomic E-state index is 11.8. The first-order chi connectivity index (χ1) is 7.02. The summed E-state index contributed by atoms with van der Waals surface area (Å²) in [7, 11) is -1.80. The van der Waals surface area contributed by atoms with Crippen LogP contribution in [0, 0.1) is 0 Å². The summed E-state index contributed by atoms with van der Waals surface area (Å²) in [6.07, 6.45) is 0. The van der Waals surface area contributed by atoms with Crippen LogP contribution in [0.4, 0.5) is 5.69 Å². The molecule has 1 aromatic carbocycles. The van der Waals surface area contributed by atoms with Gasteiger partial charge in [-0.05, 0) is 24.3 Å². The van der Waals surface area contributed by atoms with Crippen LogP contribution in [0.1, 0.15) is 6.92 Å². The molecule has 0 atom stereocenters. The molecule has 0 amide bonds. The lowest BCUT2D eigenvalue weighted by Crippen LogP contribution is -2.26. The maximum absolute atomic E-state index is 11.8. The maximum Gasteiger partial charge on any atom is 0.242 e. The molecule has 6 heteroatoms. The molecule has 0 heterocycles. The van der Waals surface area contributed by atoms with Crippen LogP contribution in [0.5, 0.6) is 0 Å². The molecule has 5 nitrogen and oxygen atoms in total. The van der Waals surface area contributed by atoms with Crippen LogP contribution < -0.4 is 11.3 Å². The Bertz CT molecular complexity index is 413. The van der Waals surface area contributed by atoms with Gasteiger partial charge < -0.3 is 5.43 Å². The molecule has 0 aromatic heterocycles. The average Bonchev–Trinajstić information content (AvgIpc) is 2.28. The van der Waals surface area contributed by atoms with E-state index in [-0.39, 0.29) is 4.90 Å². The van der Waals surface area contributed by atoms with Crippen LogP contribution in [0.2, 0.25) is 0 Å². The van der Waals surface area contributed by atoms with Gasteiger partial charge in [-0.25, -0.2) is 12.7 Å². The number of hydrazine groups is 1. The van der Waals surface area contributed by atoms with E-state index in [2.05, 4.69) is 5.43 Å². The fourth-order valence-corrected chi connectivity index (χ4v) is 2.25. The Kier molecular flexibility index (Phi) is 3.67. The lowest BCUT2D eigenvalue weighted by atomic mass is 10.3. The van der Waals surface area contributed by atoms with E-state index in [0.717, 1.165) is 0 Å². The molecule has 84 valence electrons.